The minimum Gasteiger partial charge on any atom is -0.508 e. The number of hydrogen-bond acceptors (Lipinski definition) is 3. The summed E-state index contributed by atoms with van der Waals surface area (Å²) < 4.78 is 0. The van der Waals surface area contributed by atoms with Crippen molar-refractivity contribution >= 4 is 5.97 Å². The summed E-state index contributed by atoms with van der Waals surface area (Å²) in [7, 11) is 0. The van der Waals surface area contributed by atoms with Crippen LogP contribution in [-0.4, -0.2) is 22.2 Å². The zero-order chi connectivity index (χ0) is 12.0. The Morgan fingerprint density at radius 3 is 2.50 bits per heavy atom. The van der Waals surface area contributed by atoms with E-state index in [4.69, 9.17) is 15.9 Å². The molecule has 0 aliphatic heterocycles. The quantitative estimate of drug-likeness (QED) is 0.682. The van der Waals surface area contributed by atoms with E-state index in [1.165, 1.54) is 0 Å². The van der Waals surface area contributed by atoms with Crippen molar-refractivity contribution in [2.24, 2.45) is 5.73 Å². The Morgan fingerprint density at radius 2 is 1.94 bits per heavy atom. The number of carboxylic acids is 1. The van der Waals surface area contributed by atoms with E-state index in [2.05, 4.69) is 0 Å². The highest BCUT2D eigenvalue weighted by atomic mass is 16.4. The van der Waals surface area contributed by atoms with E-state index in [0.29, 0.717) is 19.3 Å². The second-order valence-corrected chi connectivity index (χ2v) is 3.92. The number of benzene rings is 1. The van der Waals surface area contributed by atoms with Gasteiger partial charge in [0, 0.05) is 12.5 Å². The second-order valence-electron chi connectivity index (χ2n) is 3.92. The molecule has 4 heteroatoms. The van der Waals surface area contributed by atoms with Gasteiger partial charge in [0.2, 0.25) is 0 Å². The van der Waals surface area contributed by atoms with E-state index in [1.54, 1.807) is 12.1 Å². The van der Waals surface area contributed by atoms with E-state index in [9.17, 15) is 4.79 Å². The summed E-state index contributed by atoms with van der Waals surface area (Å²) in [6, 6.07) is 6.88. The monoisotopic (exact) mass is 223 g/mol. The Balaban J connectivity index is 2.31. The Hall–Kier alpha value is -1.55. The molecule has 0 fully saturated rings. The van der Waals surface area contributed by atoms with Gasteiger partial charge in [0.15, 0.2) is 0 Å². The van der Waals surface area contributed by atoms with E-state index in [-0.39, 0.29) is 18.2 Å². The molecule has 1 aromatic carbocycles. The van der Waals surface area contributed by atoms with Crippen LogP contribution in [0, 0.1) is 0 Å². The van der Waals surface area contributed by atoms with Gasteiger partial charge in [-0.3, -0.25) is 4.79 Å². The van der Waals surface area contributed by atoms with Crippen LogP contribution in [0.5, 0.6) is 5.75 Å². The van der Waals surface area contributed by atoms with Crippen LogP contribution in [0.25, 0.3) is 0 Å². The molecule has 0 aliphatic carbocycles. The van der Waals surface area contributed by atoms with E-state index < -0.39 is 5.97 Å². The van der Waals surface area contributed by atoms with E-state index in [1.807, 2.05) is 12.1 Å². The maximum atomic E-state index is 10.3. The van der Waals surface area contributed by atoms with Gasteiger partial charge >= 0.3 is 5.97 Å². The topological polar surface area (TPSA) is 83.6 Å². The fraction of sp³-hybridized carbons (Fsp3) is 0.417. The van der Waals surface area contributed by atoms with Crippen molar-refractivity contribution in [2.75, 3.05) is 0 Å². The lowest BCUT2D eigenvalue weighted by molar-refractivity contribution is -0.137. The van der Waals surface area contributed by atoms with Gasteiger partial charge in [0.25, 0.3) is 0 Å². The van der Waals surface area contributed by atoms with Gasteiger partial charge in [-0.1, -0.05) is 12.1 Å². The van der Waals surface area contributed by atoms with E-state index in [0.717, 1.165) is 5.56 Å². The normalized spacial score (nSPS) is 12.3. The zero-order valence-corrected chi connectivity index (χ0v) is 9.10. The van der Waals surface area contributed by atoms with Gasteiger partial charge < -0.3 is 15.9 Å². The standard InChI is InChI=1S/C12H17NO3/c13-10(2-1-3-12(15)16)8-9-4-6-11(14)7-5-9/h4-7,10,14H,1-3,8,13H2,(H,15,16). The minimum atomic E-state index is -0.781. The molecule has 0 radical (unpaired) electrons. The fourth-order valence-electron chi connectivity index (χ4n) is 1.55. The Kier molecular flexibility index (Phi) is 4.79. The molecule has 0 amide bonds. The van der Waals surface area contributed by atoms with Gasteiger partial charge in [0.05, 0.1) is 0 Å². The number of carbonyl (C=O) groups is 1. The number of nitrogens with two attached hydrogens (primary N) is 1. The summed E-state index contributed by atoms with van der Waals surface area (Å²) >= 11 is 0. The molecule has 0 saturated carbocycles. The Morgan fingerprint density at radius 1 is 1.31 bits per heavy atom. The lowest BCUT2D eigenvalue weighted by Gasteiger charge is -2.10. The third-order valence-corrected chi connectivity index (χ3v) is 2.40. The molecule has 0 saturated heterocycles. The molecule has 4 nitrogen and oxygen atoms in total. The third kappa shape index (κ3) is 4.79. The van der Waals surface area contributed by atoms with Crippen molar-refractivity contribution < 1.29 is 15.0 Å². The zero-order valence-electron chi connectivity index (χ0n) is 9.10. The van der Waals surface area contributed by atoms with Crippen LogP contribution in [-0.2, 0) is 11.2 Å². The molecule has 1 atom stereocenters. The molecule has 0 aliphatic rings. The summed E-state index contributed by atoms with van der Waals surface area (Å²) in [6.45, 7) is 0. The number of carboxylic acid groups (broad SMARTS) is 1. The summed E-state index contributed by atoms with van der Waals surface area (Å²) in [4.78, 5) is 10.3. The average Bonchev–Trinajstić information content (AvgIpc) is 2.21. The average molecular weight is 223 g/mol. The first kappa shape index (κ1) is 12.5. The largest absolute Gasteiger partial charge is 0.508 e. The van der Waals surface area contributed by atoms with Gasteiger partial charge in [-0.25, -0.2) is 0 Å². The number of rotatable bonds is 6. The highest BCUT2D eigenvalue weighted by molar-refractivity contribution is 5.66. The molecule has 0 aromatic heterocycles. The van der Waals surface area contributed by atoms with Crippen molar-refractivity contribution in [1.82, 2.24) is 0 Å². The Labute approximate surface area is 94.7 Å². The van der Waals surface area contributed by atoms with Crippen LogP contribution >= 0.6 is 0 Å². The number of phenols is 1. The summed E-state index contributed by atoms with van der Waals surface area (Å²) in [5.74, 6) is -0.542. The first-order valence-corrected chi connectivity index (χ1v) is 5.33. The number of hydrogen-bond donors (Lipinski definition) is 3. The van der Waals surface area contributed by atoms with Crippen molar-refractivity contribution in [3.8, 4) is 5.75 Å². The van der Waals surface area contributed by atoms with E-state index >= 15 is 0 Å². The van der Waals surface area contributed by atoms with Crippen molar-refractivity contribution in [3.63, 3.8) is 0 Å². The molecule has 0 bridgehead atoms. The maximum absolute atomic E-state index is 10.3. The van der Waals surface area contributed by atoms with Crippen LogP contribution in [0.4, 0.5) is 0 Å². The molecule has 88 valence electrons. The summed E-state index contributed by atoms with van der Waals surface area (Å²) in [6.07, 6.45) is 2.19. The first-order chi connectivity index (χ1) is 7.58. The smallest absolute Gasteiger partial charge is 0.303 e. The molecule has 1 aromatic rings. The van der Waals surface area contributed by atoms with Gasteiger partial charge in [-0.2, -0.15) is 0 Å². The molecule has 16 heavy (non-hydrogen) atoms. The van der Waals surface area contributed by atoms with Crippen LogP contribution in [0.15, 0.2) is 24.3 Å². The molecule has 1 unspecified atom stereocenters. The van der Waals surface area contributed by atoms with Crippen molar-refractivity contribution in [3.05, 3.63) is 29.8 Å². The lowest BCUT2D eigenvalue weighted by atomic mass is 10.0. The summed E-state index contributed by atoms with van der Waals surface area (Å²) in [5.41, 5.74) is 6.93. The lowest BCUT2D eigenvalue weighted by Crippen LogP contribution is -2.22. The SMILES string of the molecule is NC(CCCC(=O)O)Cc1ccc(O)cc1. The number of aliphatic carboxylic acids is 1. The molecular formula is C12H17NO3. The highest BCUT2D eigenvalue weighted by Gasteiger charge is 2.05. The predicted molar refractivity (Wildman–Crippen MR) is 61.3 cm³/mol. The molecule has 1 rings (SSSR count). The molecule has 0 heterocycles. The van der Waals surface area contributed by atoms with Crippen LogP contribution in [0.1, 0.15) is 24.8 Å². The van der Waals surface area contributed by atoms with Gasteiger partial charge in [0.1, 0.15) is 5.75 Å². The van der Waals surface area contributed by atoms with Gasteiger partial charge in [-0.05, 0) is 37.0 Å². The Bertz CT molecular complexity index is 335. The van der Waals surface area contributed by atoms with Crippen LogP contribution < -0.4 is 5.73 Å². The number of aromatic hydroxyl groups is 1. The molecule has 0 spiro atoms. The maximum Gasteiger partial charge on any atom is 0.303 e. The second kappa shape index (κ2) is 6.12. The minimum absolute atomic E-state index is 0.0242. The van der Waals surface area contributed by atoms with Crippen molar-refractivity contribution in [1.29, 1.82) is 0 Å². The first-order valence-electron chi connectivity index (χ1n) is 5.33. The van der Waals surface area contributed by atoms with Gasteiger partial charge in [-0.15, -0.1) is 0 Å². The summed E-state index contributed by atoms with van der Waals surface area (Å²) in [5, 5.41) is 17.6. The fourth-order valence-corrected chi connectivity index (χ4v) is 1.55. The van der Waals surface area contributed by atoms with Crippen molar-refractivity contribution in [2.45, 2.75) is 31.7 Å². The third-order valence-electron chi connectivity index (χ3n) is 2.40. The predicted octanol–water partition coefficient (Wildman–Crippen LogP) is 1.52. The van der Waals surface area contributed by atoms with Crippen LogP contribution in [0.2, 0.25) is 0 Å². The molecular weight excluding hydrogens is 206 g/mol. The molecule has 4 N–H and O–H groups in total. The number of phenolic OH excluding ortho intramolecular Hbond substituents is 1. The highest BCUT2D eigenvalue weighted by Crippen LogP contribution is 2.12. The van der Waals surface area contributed by atoms with Crippen LogP contribution in [0.3, 0.4) is 0 Å².